The molecule has 2 atom stereocenters. The second-order valence-electron chi connectivity index (χ2n) is 9.44. The molecular formula is C25H28FN5O5. The summed E-state index contributed by atoms with van der Waals surface area (Å²) in [5.41, 5.74) is 1.68. The zero-order valence-corrected chi connectivity index (χ0v) is 20.2. The van der Waals surface area contributed by atoms with E-state index in [-0.39, 0.29) is 34.0 Å². The third-order valence-electron chi connectivity index (χ3n) is 6.91. The van der Waals surface area contributed by atoms with E-state index in [1.54, 1.807) is 18.3 Å². The number of oxime groups is 1. The Hall–Kier alpha value is -3.73. The van der Waals surface area contributed by atoms with Gasteiger partial charge >= 0.3 is 0 Å². The summed E-state index contributed by atoms with van der Waals surface area (Å²) in [5.74, 6) is -0.0665. The average Bonchev–Trinajstić information content (AvgIpc) is 2.87. The first-order valence-corrected chi connectivity index (χ1v) is 12.0. The molecule has 2 aliphatic heterocycles. The zero-order chi connectivity index (χ0) is 25.4. The number of hydrogen-bond donors (Lipinski definition) is 0. The van der Waals surface area contributed by atoms with Gasteiger partial charge in [0, 0.05) is 43.7 Å². The lowest BCUT2D eigenvalue weighted by molar-refractivity contribution is -0.508. The van der Waals surface area contributed by atoms with Gasteiger partial charge in [0.25, 0.3) is 0 Å². The molecular weight excluding hydrogens is 469 g/mol. The van der Waals surface area contributed by atoms with E-state index >= 15 is 4.39 Å². The Balaban J connectivity index is 1.42. The topological polar surface area (TPSA) is 102 Å². The molecule has 0 bridgehead atoms. The minimum atomic E-state index is -0.722. The Morgan fingerprint density at radius 3 is 2.81 bits per heavy atom. The van der Waals surface area contributed by atoms with Crippen molar-refractivity contribution in [2.45, 2.75) is 25.4 Å². The van der Waals surface area contributed by atoms with Crippen molar-refractivity contribution in [1.29, 1.82) is 0 Å². The number of anilines is 1. The lowest BCUT2D eigenvalue weighted by Crippen LogP contribution is -2.45. The van der Waals surface area contributed by atoms with Crippen LogP contribution >= 0.6 is 0 Å². The van der Waals surface area contributed by atoms with Gasteiger partial charge in [-0.1, -0.05) is 17.3 Å². The van der Waals surface area contributed by atoms with Crippen LogP contribution in [-0.2, 0) is 4.84 Å². The van der Waals surface area contributed by atoms with Gasteiger partial charge in [-0.2, -0.15) is 0 Å². The van der Waals surface area contributed by atoms with Gasteiger partial charge in [-0.25, -0.2) is 4.39 Å². The van der Waals surface area contributed by atoms with Crippen LogP contribution in [0.25, 0.3) is 10.9 Å². The van der Waals surface area contributed by atoms with E-state index in [0.717, 1.165) is 18.7 Å². The van der Waals surface area contributed by atoms with E-state index in [0.29, 0.717) is 43.1 Å². The number of ether oxygens (including phenoxy) is 1. The Bertz CT molecular complexity index is 1340. The molecule has 3 heterocycles. The molecule has 2 aromatic rings. The minimum Gasteiger partial charge on any atom is -0.487 e. The van der Waals surface area contributed by atoms with Crippen LogP contribution in [0.3, 0.4) is 0 Å². The molecule has 0 spiro atoms. The number of benzene rings is 1. The lowest BCUT2D eigenvalue weighted by Gasteiger charge is -2.37. The molecule has 3 aliphatic rings. The van der Waals surface area contributed by atoms with Crippen molar-refractivity contribution in [1.82, 2.24) is 9.47 Å². The van der Waals surface area contributed by atoms with Crippen LogP contribution < -0.4 is 15.1 Å². The maximum atomic E-state index is 15.4. The van der Waals surface area contributed by atoms with Crippen LogP contribution in [0.2, 0.25) is 0 Å². The van der Waals surface area contributed by atoms with Crippen LogP contribution in [0, 0.1) is 15.9 Å². The van der Waals surface area contributed by atoms with E-state index in [4.69, 9.17) is 9.57 Å². The molecule has 1 fully saturated rings. The van der Waals surface area contributed by atoms with Crippen molar-refractivity contribution >= 4 is 22.8 Å². The summed E-state index contributed by atoms with van der Waals surface area (Å²) in [7, 11) is 2.04. The predicted molar refractivity (Wildman–Crippen MR) is 134 cm³/mol. The molecule has 36 heavy (non-hydrogen) atoms. The van der Waals surface area contributed by atoms with Crippen LogP contribution in [0.4, 0.5) is 10.1 Å². The standard InChI is InChI=1S/C25H28FN5O5/c1-16-14-35-25-22-20(11-21(26)23(25)29-9-7-28(2)8-10-29)24(32)18(13-30(16)22)12-27-36-15-17-3-5-19(6-4-17)31(33)34/h3-5,11-13,16,19H,6-10,14-15H2,1-2H3/b27-12+/t16-,19?/m0/s1. The van der Waals surface area contributed by atoms with Gasteiger partial charge in [0.2, 0.25) is 6.04 Å². The molecule has 190 valence electrons. The summed E-state index contributed by atoms with van der Waals surface area (Å²) in [4.78, 5) is 33.3. The first kappa shape index (κ1) is 24.0. The Labute approximate surface area is 207 Å². The number of aromatic nitrogens is 1. The maximum Gasteiger partial charge on any atom is 0.235 e. The predicted octanol–water partition coefficient (Wildman–Crippen LogP) is 2.73. The zero-order valence-electron chi connectivity index (χ0n) is 20.2. The van der Waals surface area contributed by atoms with Gasteiger partial charge in [0.1, 0.15) is 18.9 Å². The molecule has 1 saturated heterocycles. The molecule has 0 amide bonds. The molecule has 5 rings (SSSR count). The number of nitro groups is 1. The molecule has 1 unspecified atom stereocenters. The van der Waals surface area contributed by atoms with Crippen LogP contribution in [-0.4, -0.2) is 73.1 Å². The number of piperazine rings is 1. The number of nitrogens with zero attached hydrogens (tertiary/aromatic N) is 5. The molecule has 1 aliphatic carbocycles. The molecule has 11 heteroatoms. The minimum absolute atomic E-state index is 0.0634. The first-order chi connectivity index (χ1) is 17.3. The number of likely N-dealkylation sites (N-methyl/N-ethyl adjacent to an activating group) is 1. The Morgan fingerprint density at radius 1 is 1.33 bits per heavy atom. The highest BCUT2D eigenvalue weighted by atomic mass is 19.1. The van der Waals surface area contributed by atoms with Crippen LogP contribution in [0.15, 0.2) is 46.0 Å². The quantitative estimate of drug-likeness (QED) is 0.344. The van der Waals surface area contributed by atoms with E-state index in [2.05, 4.69) is 10.1 Å². The number of pyridine rings is 1. The number of rotatable bonds is 6. The molecule has 1 aromatic carbocycles. The highest BCUT2D eigenvalue weighted by Gasteiger charge is 2.30. The molecule has 0 N–H and O–H groups in total. The number of halogens is 1. The fourth-order valence-electron chi connectivity index (χ4n) is 4.77. The summed E-state index contributed by atoms with van der Waals surface area (Å²) in [6.45, 7) is 5.44. The summed E-state index contributed by atoms with van der Waals surface area (Å²) < 4.78 is 23.4. The van der Waals surface area contributed by atoms with Gasteiger partial charge < -0.3 is 23.9 Å². The van der Waals surface area contributed by atoms with Crippen LogP contribution in [0.1, 0.15) is 24.9 Å². The van der Waals surface area contributed by atoms with Crippen molar-refractivity contribution in [2.75, 3.05) is 51.3 Å². The fourth-order valence-corrected chi connectivity index (χ4v) is 4.77. The molecule has 0 radical (unpaired) electrons. The van der Waals surface area contributed by atoms with Crippen LogP contribution in [0.5, 0.6) is 5.75 Å². The Kier molecular flexibility index (Phi) is 6.48. The molecule has 0 saturated carbocycles. The SMILES string of the molecule is C[C@H]1COc2c(N3CCN(C)CC3)c(F)cc3c(=O)c(/C=N/OCC4=CCC([N+](=O)[O-])C=C4)cn1c23. The van der Waals surface area contributed by atoms with Crippen molar-refractivity contribution in [3.8, 4) is 5.75 Å². The smallest absolute Gasteiger partial charge is 0.235 e. The summed E-state index contributed by atoms with van der Waals surface area (Å²) in [6.07, 6.45) is 8.24. The van der Waals surface area contributed by atoms with Gasteiger partial charge in [-0.05, 0) is 31.7 Å². The van der Waals surface area contributed by atoms with Gasteiger partial charge in [-0.3, -0.25) is 14.9 Å². The Morgan fingerprint density at radius 2 is 2.11 bits per heavy atom. The summed E-state index contributed by atoms with van der Waals surface area (Å²) in [6, 6.07) is 0.514. The first-order valence-electron chi connectivity index (χ1n) is 12.0. The normalized spacial score (nSPS) is 22.1. The third kappa shape index (κ3) is 4.46. The van der Waals surface area contributed by atoms with Crippen molar-refractivity contribution in [3.05, 3.63) is 67.8 Å². The lowest BCUT2D eigenvalue weighted by atomic mass is 10.0. The number of hydrogen-bond acceptors (Lipinski definition) is 8. The largest absolute Gasteiger partial charge is 0.487 e. The van der Waals surface area contributed by atoms with E-state index in [9.17, 15) is 14.9 Å². The highest BCUT2D eigenvalue weighted by molar-refractivity contribution is 5.95. The molecule has 10 nitrogen and oxygen atoms in total. The van der Waals surface area contributed by atoms with Gasteiger partial charge in [0.05, 0.1) is 28.7 Å². The highest BCUT2D eigenvalue weighted by Crippen LogP contribution is 2.42. The molecule has 1 aromatic heterocycles. The average molecular weight is 498 g/mol. The van der Waals surface area contributed by atoms with Crippen molar-refractivity contribution in [3.63, 3.8) is 0 Å². The van der Waals surface area contributed by atoms with E-state index in [1.165, 1.54) is 18.4 Å². The second-order valence-corrected chi connectivity index (χ2v) is 9.44. The van der Waals surface area contributed by atoms with Crippen molar-refractivity contribution in [2.24, 2.45) is 5.16 Å². The second kappa shape index (κ2) is 9.73. The fraction of sp³-hybridized carbons (Fsp3) is 0.440. The van der Waals surface area contributed by atoms with Gasteiger partial charge in [-0.15, -0.1) is 0 Å². The summed E-state index contributed by atoms with van der Waals surface area (Å²) >= 11 is 0. The summed E-state index contributed by atoms with van der Waals surface area (Å²) in [5, 5.41) is 15.0. The maximum absolute atomic E-state index is 15.4. The third-order valence-corrected chi connectivity index (χ3v) is 6.91. The monoisotopic (exact) mass is 497 g/mol. The van der Waals surface area contributed by atoms with E-state index in [1.807, 2.05) is 23.4 Å². The van der Waals surface area contributed by atoms with Gasteiger partial charge in [0.15, 0.2) is 17.0 Å². The van der Waals surface area contributed by atoms with Crippen molar-refractivity contribution < 1.29 is 18.9 Å². The van der Waals surface area contributed by atoms with E-state index < -0.39 is 11.9 Å².